The zero-order valence-electron chi connectivity index (χ0n) is 10.8. The Hall–Kier alpha value is -1.95. The average Bonchev–Trinajstić information content (AvgIpc) is 2.46. The largest absolute Gasteiger partial charge is 0.481 e. The number of ether oxygens (including phenoxy) is 2. The van der Waals surface area contributed by atoms with Gasteiger partial charge < -0.3 is 15.2 Å². The fourth-order valence-electron chi connectivity index (χ4n) is 1.44. The van der Waals surface area contributed by atoms with Crippen molar-refractivity contribution in [2.24, 2.45) is 0 Å². The Balaban J connectivity index is 2.08. The van der Waals surface area contributed by atoms with Gasteiger partial charge in [0.1, 0.15) is 5.82 Å². The highest BCUT2D eigenvalue weighted by molar-refractivity contribution is 7.98. The molecule has 1 aromatic heterocycles. The van der Waals surface area contributed by atoms with E-state index >= 15 is 0 Å². The van der Waals surface area contributed by atoms with Crippen LogP contribution in [0.25, 0.3) is 0 Å². The fraction of sp³-hybridized carbons (Fsp3) is 0.231. The van der Waals surface area contributed by atoms with Crippen LogP contribution in [0.15, 0.2) is 35.2 Å². The normalized spacial score (nSPS) is 10.2. The van der Waals surface area contributed by atoms with Gasteiger partial charge in [0.25, 0.3) is 0 Å². The Morgan fingerprint density at radius 1 is 1.05 bits per heavy atom. The monoisotopic (exact) mass is 277 g/mol. The maximum Gasteiger partial charge on any atom is 0.220 e. The molecule has 2 rings (SSSR count). The number of anilines is 1. The van der Waals surface area contributed by atoms with E-state index in [0.717, 1.165) is 10.6 Å². The van der Waals surface area contributed by atoms with Crippen molar-refractivity contribution in [2.45, 2.75) is 10.6 Å². The quantitative estimate of drug-likeness (QED) is 0.668. The molecule has 2 N–H and O–H groups in total. The summed E-state index contributed by atoms with van der Waals surface area (Å²) in [6.07, 6.45) is 0. The van der Waals surface area contributed by atoms with E-state index in [4.69, 9.17) is 15.2 Å². The number of hydrogen-bond donors (Lipinski definition) is 1. The molecular formula is C13H15N3O2S. The number of aromatic nitrogens is 2. The highest BCUT2D eigenvalue weighted by Gasteiger charge is 2.06. The Labute approximate surface area is 116 Å². The lowest BCUT2D eigenvalue weighted by atomic mass is 10.3. The summed E-state index contributed by atoms with van der Waals surface area (Å²) in [4.78, 5) is 9.66. The first kappa shape index (κ1) is 13.5. The van der Waals surface area contributed by atoms with E-state index in [1.807, 2.05) is 24.3 Å². The maximum atomic E-state index is 5.64. The van der Waals surface area contributed by atoms with E-state index in [1.165, 1.54) is 0 Å². The van der Waals surface area contributed by atoms with Gasteiger partial charge >= 0.3 is 0 Å². The summed E-state index contributed by atoms with van der Waals surface area (Å²) in [5.41, 5.74) is 6.40. The second-order valence-electron chi connectivity index (χ2n) is 3.73. The van der Waals surface area contributed by atoms with Crippen molar-refractivity contribution < 1.29 is 9.47 Å². The molecule has 0 saturated carbocycles. The van der Waals surface area contributed by atoms with Crippen molar-refractivity contribution in [1.82, 2.24) is 9.97 Å². The summed E-state index contributed by atoms with van der Waals surface area (Å²) in [5.74, 6) is 2.30. The standard InChI is InChI=1S/C13H15N3O2S/c1-17-12-7-13(18-2)16-11(15-12)8-19-10-5-3-9(14)4-6-10/h3-7H,8,14H2,1-2H3. The number of nitrogen functional groups attached to an aromatic ring is 1. The van der Waals surface area contributed by atoms with Crippen LogP contribution in [-0.4, -0.2) is 24.2 Å². The van der Waals surface area contributed by atoms with Crippen molar-refractivity contribution in [1.29, 1.82) is 0 Å². The fourth-order valence-corrected chi connectivity index (χ4v) is 2.19. The first-order valence-electron chi connectivity index (χ1n) is 5.65. The molecule has 0 aliphatic heterocycles. The molecule has 0 aliphatic rings. The van der Waals surface area contributed by atoms with E-state index in [1.54, 1.807) is 32.0 Å². The van der Waals surface area contributed by atoms with Crippen molar-refractivity contribution in [2.75, 3.05) is 20.0 Å². The SMILES string of the molecule is COc1cc(OC)nc(CSc2ccc(N)cc2)n1. The van der Waals surface area contributed by atoms with Crippen LogP contribution in [0.4, 0.5) is 5.69 Å². The van der Waals surface area contributed by atoms with E-state index in [-0.39, 0.29) is 0 Å². The predicted octanol–water partition coefficient (Wildman–Crippen LogP) is 2.37. The molecule has 0 bridgehead atoms. The van der Waals surface area contributed by atoms with Crippen LogP contribution in [0.5, 0.6) is 11.8 Å². The molecule has 0 spiro atoms. The summed E-state index contributed by atoms with van der Waals surface area (Å²) in [7, 11) is 3.14. The van der Waals surface area contributed by atoms with Crippen LogP contribution in [0.1, 0.15) is 5.82 Å². The number of methoxy groups -OCH3 is 2. The summed E-state index contributed by atoms with van der Waals surface area (Å²) in [6, 6.07) is 9.33. The number of hydrogen-bond acceptors (Lipinski definition) is 6. The lowest BCUT2D eigenvalue weighted by Crippen LogP contribution is -1.99. The molecule has 100 valence electrons. The van der Waals surface area contributed by atoms with Crippen molar-refractivity contribution in [3.05, 3.63) is 36.2 Å². The molecule has 0 saturated heterocycles. The summed E-state index contributed by atoms with van der Waals surface area (Å²) in [6.45, 7) is 0. The Morgan fingerprint density at radius 3 is 2.16 bits per heavy atom. The van der Waals surface area contributed by atoms with Crippen LogP contribution in [0, 0.1) is 0 Å². The molecule has 0 aliphatic carbocycles. The highest BCUT2D eigenvalue weighted by Crippen LogP contribution is 2.24. The molecular weight excluding hydrogens is 262 g/mol. The third-order valence-corrected chi connectivity index (χ3v) is 3.40. The van der Waals surface area contributed by atoms with Gasteiger partial charge in [-0.05, 0) is 24.3 Å². The third kappa shape index (κ3) is 3.75. The average molecular weight is 277 g/mol. The smallest absolute Gasteiger partial charge is 0.220 e. The number of rotatable bonds is 5. The molecule has 0 radical (unpaired) electrons. The number of thioether (sulfide) groups is 1. The minimum absolute atomic E-state index is 0.500. The Kier molecular flexibility index (Phi) is 4.46. The number of nitrogens with zero attached hydrogens (tertiary/aromatic N) is 2. The Bertz CT molecular complexity index is 524. The number of benzene rings is 1. The number of nitrogens with two attached hydrogens (primary N) is 1. The highest BCUT2D eigenvalue weighted by atomic mass is 32.2. The van der Waals surface area contributed by atoms with Gasteiger partial charge in [-0.1, -0.05) is 0 Å². The molecule has 5 nitrogen and oxygen atoms in total. The van der Waals surface area contributed by atoms with E-state index < -0.39 is 0 Å². The van der Waals surface area contributed by atoms with Gasteiger partial charge in [-0.3, -0.25) is 0 Å². The summed E-state index contributed by atoms with van der Waals surface area (Å²) < 4.78 is 10.2. The van der Waals surface area contributed by atoms with Crippen molar-refractivity contribution in [3.63, 3.8) is 0 Å². The second-order valence-corrected chi connectivity index (χ2v) is 4.78. The van der Waals surface area contributed by atoms with E-state index in [2.05, 4.69) is 9.97 Å². The van der Waals surface area contributed by atoms with Crippen molar-refractivity contribution >= 4 is 17.4 Å². The van der Waals surface area contributed by atoms with Gasteiger partial charge in [0.2, 0.25) is 11.8 Å². The zero-order chi connectivity index (χ0) is 13.7. The molecule has 2 aromatic rings. The van der Waals surface area contributed by atoms with Crippen LogP contribution < -0.4 is 15.2 Å². The predicted molar refractivity (Wildman–Crippen MR) is 75.6 cm³/mol. The zero-order valence-corrected chi connectivity index (χ0v) is 11.6. The van der Waals surface area contributed by atoms with Gasteiger partial charge in [-0.25, -0.2) is 0 Å². The maximum absolute atomic E-state index is 5.64. The second kappa shape index (κ2) is 6.29. The molecule has 1 heterocycles. The summed E-state index contributed by atoms with van der Waals surface area (Å²) >= 11 is 1.63. The van der Waals surface area contributed by atoms with Gasteiger partial charge in [-0.15, -0.1) is 11.8 Å². The lowest BCUT2D eigenvalue weighted by Gasteiger charge is -2.06. The molecule has 0 unspecified atom stereocenters. The topological polar surface area (TPSA) is 70.3 Å². The molecule has 19 heavy (non-hydrogen) atoms. The van der Waals surface area contributed by atoms with Gasteiger partial charge in [0.15, 0.2) is 0 Å². The van der Waals surface area contributed by atoms with Gasteiger partial charge in [-0.2, -0.15) is 9.97 Å². The van der Waals surface area contributed by atoms with E-state index in [9.17, 15) is 0 Å². The van der Waals surface area contributed by atoms with E-state index in [0.29, 0.717) is 23.3 Å². The Morgan fingerprint density at radius 2 is 1.63 bits per heavy atom. The molecule has 0 amide bonds. The van der Waals surface area contributed by atoms with Gasteiger partial charge in [0, 0.05) is 10.6 Å². The lowest BCUT2D eigenvalue weighted by molar-refractivity contribution is 0.369. The van der Waals surface area contributed by atoms with Crippen LogP contribution >= 0.6 is 11.8 Å². The van der Waals surface area contributed by atoms with Crippen LogP contribution in [-0.2, 0) is 5.75 Å². The molecule has 6 heteroatoms. The minimum Gasteiger partial charge on any atom is -0.481 e. The molecule has 0 fully saturated rings. The molecule has 0 atom stereocenters. The first-order valence-corrected chi connectivity index (χ1v) is 6.64. The molecule has 1 aromatic carbocycles. The van der Waals surface area contributed by atoms with Crippen LogP contribution in [0.3, 0.4) is 0 Å². The van der Waals surface area contributed by atoms with Gasteiger partial charge in [0.05, 0.1) is 26.0 Å². The van der Waals surface area contributed by atoms with Crippen LogP contribution in [0.2, 0.25) is 0 Å². The van der Waals surface area contributed by atoms with Crippen molar-refractivity contribution in [3.8, 4) is 11.8 Å². The minimum atomic E-state index is 0.500. The summed E-state index contributed by atoms with van der Waals surface area (Å²) in [5, 5.41) is 0. The first-order chi connectivity index (χ1) is 9.21. The third-order valence-electron chi connectivity index (χ3n) is 2.39.